The third kappa shape index (κ3) is 4.04. The van der Waals surface area contributed by atoms with Crippen LogP contribution < -0.4 is 9.47 Å². The lowest BCUT2D eigenvalue weighted by Gasteiger charge is -2.33. The maximum atomic E-state index is 12.4. The number of hydrogen-bond donors (Lipinski definition) is 0. The number of imide groups is 1. The lowest BCUT2D eigenvalue weighted by atomic mass is 10.1. The molecule has 0 aliphatic carbocycles. The highest BCUT2D eigenvalue weighted by Crippen LogP contribution is 2.19. The first kappa shape index (κ1) is 17.1. The van der Waals surface area contributed by atoms with E-state index in [1.54, 1.807) is 17.0 Å². The van der Waals surface area contributed by atoms with Crippen molar-refractivity contribution >= 4 is 17.7 Å². The molecule has 3 heterocycles. The largest absolute Gasteiger partial charge is 0.480 e. The minimum Gasteiger partial charge on any atom is -0.480 e. The predicted molar refractivity (Wildman–Crippen MR) is 84.8 cm³/mol. The zero-order valence-corrected chi connectivity index (χ0v) is 14.0. The van der Waals surface area contributed by atoms with Crippen LogP contribution in [0, 0.1) is 0 Å². The van der Waals surface area contributed by atoms with Gasteiger partial charge in [-0.1, -0.05) is 0 Å². The molecule has 9 nitrogen and oxygen atoms in total. The average Bonchev–Trinajstić information content (AvgIpc) is 2.94. The molecule has 9 heteroatoms. The van der Waals surface area contributed by atoms with Crippen molar-refractivity contribution in [3.05, 3.63) is 12.1 Å². The fourth-order valence-electron chi connectivity index (χ4n) is 2.95. The molecule has 3 rings (SSSR count). The number of carbonyl (C=O) groups is 3. The topological polar surface area (TPSA) is 102 Å². The van der Waals surface area contributed by atoms with Gasteiger partial charge in [0.25, 0.3) is 0 Å². The van der Waals surface area contributed by atoms with Gasteiger partial charge in [0.1, 0.15) is 12.6 Å². The van der Waals surface area contributed by atoms with Crippen molar-refractivity contribution in [2.45, 2.75) is 31.8 Å². The number of piperidine rings is 1. The Morgan fingerprint density at radius 3 is 2.52 bits per heavy atom. The van der Waals surface area contributed by atoms with Crippen molar-refractivity contribution < 1.29 is 23.9 Å². The molecule has 0 bridgehead atoms. The van der Waals surface area contributed by atoms with E-state index < -0.39 is 0 Å². The van der Waals surface area contributed by atoms with Gasteiger partial charge in [0.2, 0.25) is 29.5 Å². The number of ether oxygens (including phenoxy) is 2. The summed E-state index contributed by atoms with van der Waals surface area (Å²) >= 11 is 0. The Hall–Kier alpha value is -2.71. The Labute approximate surface area is 144 Å². The second-order valence-electron chi connectivity index (χ2n) is 6.01. The normalized spacial score (nSPS) is 20.8. The van der Waals surface area contributed by atoms with E-state index in [4.69, 9.17) is 9.47 Å². The van der Waals surface area contributed by atoms with Gasteiger partial charge >= 0.3 is 0 Å². The summed E-state index contributed by atoms with van der Waals surface area (Å²) in [7, 11) is 1.50. The highest BCUT2D eigenvalue weighted by atomic mass is 16.5. The number of nitrogens with zero attached hydrogens (tertiary/aromatic N) is 4. The van der Waals surface area contributed by atoms with E-state index in [0.29, 0.717) is 24.8 Å². The molecule has 25 heavy (non-hydrogen) atoms. The quantitative estimate of drug-likeness (QED) is 0.690. The molecule has 3 amide bonds. The maximum Gasteiger partial charge on any atom is 0.242 e. The first-order valence-electron chi connectivity index (χ1n) is 8.22. The predicted octanol–water partition coefficient (Wildman–Crippen LogP) is 0.00400. The van der Waals surface area contributed by atoms with E-state index >= 15 is 0 Å². The summed E-state index contributed by atoms with van der Waals surface area (Å²) in [6.45, 7) is 0.790. The smallest absolute Gasteiger partial charge is 0.242 e. The number of methoxy groups -OCH3 is 1. The van der Waals surface area contributed by atoms with Crippen LogP contribution in [0.2, 0.25) is 0 Å². The van der Waals surface area contributed by atoms with Gasteiger partial charge < -0.3 is 14.4 Å². The van der Waals surface area contributed by atoms with E-state index in [0.717, 1.165) is 17.7 Å². The standard InChI is InChI=1S/C16H20N4O5/c1-24-12-4-5-13(18-17-12)25-11-3-2-8-19(9-11)16(23)10-20-14(21)6-7-15(20)22/h4-5,11H,2-3,6-10H2,1H3. The molecule has 0 radical (unpaired) electrons. The zero-order valence-electron chi connectivity index (χ0n) is 14.0. The molecule has 2 fully saturated rings. The van der Waals surface area contributed by atoms with E-state index in [2.05, 4.69) is 10.2 Å². The third-order valence-corrected chi connectivity index (χ3v) is 4.29. The molecule has 0 saturated carbocycles. The van der Waals surface area contributed by atoms with Gasteiger partial charge in [0.15, 0.2) is 0 Å². The van der Waals surface area contributed by atoms with Crippen LogP contribution in [-0.4, -0.2) is 70.6 Å². The van der Waals surface area contributed by atoms with Crippen molar-refractivity contribution in [3.63, 3.8) is 0 Å². The maximum absolute atomic E-state index is 12.4. The summed E-state index contributed by atoms with van der Waals surface area (Å²) in [6.07, 6.45) is 1.74. The van der Waals surface area contributed by atoms with E-state index in [1.165, 1.54) is 7.11 Å². The molecular weight excluding hydrogens is 328 g/mol. The van der Waals surface area contributed by atoms with Crippen molar-refractivity contribution in [3.8, 4) is 11.8 Å². The Bertz CT molecular complexity index is 647. The van der Waals surface area contributed by atoms with Gasteiger partial charge in [-0.05, 0) is 12.8 Å². The Morgan fingerprint density at radius 1 is 1.20 bits per heavy atom. The van der Waals surface area contributed by atoms with Gasteiger partial charge in [-0.25, -0.2) is 0 Å². The van der Waals surface area contributed by atoms with Gasteiger partial charge in [0, 0.05) is 31.5 Å². The Kier molecular flexibility index (Phi) is 5.11. The molecule has 0 spiro atoms. The van der Waals surface area contributed by atoms with Crippen LogP contribution in [0.4, 0.5) is 0 Å². The molecular formula is C16H20N4O5. The fourth-order valence-corrected chi connectivity index (χ4v) is 2.95. The summed E-state index contributed by atoms with van der Waals surface area (Å²) in [4.78, 5) is 38.4. The van der Waals surface area contributed by atoms with Crippen LogP contribution in [0.3, 0.4) is 0 Å². The van der Waals surface area contributed by atoms with Crippen LogP contribution >= 0.6 is 0 Å². The SMILES string of the molecule is COc1ccc(OC2CCCN(C(=O)CN3C(=O)CCC3=O)C2)nn1. The summed E-state index contributed by atoms with van der Waals surface area (Å²) in [5, 5.41) is 7.76. The Balaban J connectivity index is 1.55. The first-order chi connectivity index (χ1) is 12.1. The molecule has 1 atom stereocenters. The van der Waals surface area contributed by atoms with Gasteiger partial charge in [-0.3, -0.25) is 19.3 Å². The summed E-state index contributed by atoms with van der Waals surface area (Å²) in [5.74, 6) is -0.0382. The summed E-state index contributed by atoms with van der Waals surface area (Å²) in [5.41, 5.74) is 0. The summed E-state index contributed by atoms with van der Waals surface area (Å²) in [6, 6.07) is 3.31. The van der Waals surface area contributed by atoms with Crippen molar-refractivity contribution in [2.24, 2.45) is 0 Å². The van der Waals surface area contributed by atoms with Gasteiger partial charge in [-0.2, -0.15) is 0 Å². The van der Waals surface area contributed by atoms with Crippen LogP contribution in [0.15, 0.2) is 12.1 Å². The van der Waals surface area contributed by atoms with Crippen LogP contribution in [0.25, 0.3) is 0 Å². The molecule has 2 saturated heterocycles. The van der Waals surface area contributed by atoms with E-state index in [9.17, 15) is 14.4 Å². The lowest BCUT2D eigenvalue weighted by molar-refractivity contribution is -0.146. The monoisotopic (exact) mass is 348 g/mol. The molecule has 1 aromatic rings. The minimum absolute atomic E-state index is 0.188. The molecule has 2 aliphatic heterocycles. The number of rotatable bonds is 5. The number of amides is 3. The van der Waals surface area contributed by atoms with Gasteiger partial charge in [-0.15, -0.1) is 10.2 Å². The number of aromatic nitrogens is 2. The van der Waals surface area contributed by atoms with Crippen molar-refractivity contribution in [1.82, 2.24) is 20.0 Å². The molecule has 0 aromatic carbocycles. The molecule has 0 N–H and O–H groups in total. The van der Waals surface area contributed by atoms with Gasteiger partial charge in [0.05, 0.1) is 13.7 Å². The van der Waals surface area contributed by atoms with Crippen molar-refractivity contribution in [1.29, 1.82) is 0 Å². The zero-order chi connectivity index (χ0) is 17.8. The highest BCUT2D eigenvalue weighted by molar-refractivity contribution is 6.04. The second kappa shape index (κ2) is 7.45. The molecule has 1 aromatic heterocycles. The van der Waals surface area contributed by atoms with Crippen LogP contribution in [-0.2, 0) is 14.4 Å². The number of carbonyl (C=O) groups excluding carboxylic acids is 3. The van der Waals surface area contributed by atoms with Crippen molar-refractivity contribution in [2.75, 3.05) is 26.7 Å². The van der Waals surface area contributed by atoms with Crippen LogP contribution in [0.5, 0.6) is 11.8 Å². The van der Waals surface area contributed by atoms with E-state index in [-0.39, 0.29) is 43.2 Å². The molecule has 134 valence electrons. The second-order valence-corrected chi connectivity index (χ2v) is 6.01. The fraction of sp³-hybridized carbons (Fsp3) is 0.562. The lowest BCUT2D eigenvalue weighted by Crippen LogP contribution is -2.48. The van der Waals surface area contributed by atoms with E-state index in [1.807, 2.05) is 0 Å². The summed E-state index contributed by atoms with van der Waals surface area (Å²) < 4.78 is 10.7. The minimum atomic E-state index is -0.281. The average molecular weight is 348 g/mol. The third-order valence-electron chi connectivity index (χ3n) is 4.29. The first-order valence-corrected chi connectivity index (χ1v) is 8.22. The molecule has 1 unspecified atom stereocenters. The van der Waals surface area contributed by atoms with Crippen LogP contribution in [0.1, 0.15) is 25.7 Å². The number of hydrogen-bond acceptors (Lipinski definition) is 7. The Morgan fingerprint density at radius 2 is 1.88 bits per heavy atom. The highest BCUT2D eigenvalue weighted by Gasteiger charge is 2.33. The molecule has 2 aliphatic rings. The number of likely N-dealkylation sites (tertiary alicyclic amines) is 2.